The second-order valence-corrected chi connectivity index (χ2v) is 9.05. The summed E-state index contributed by atoms with van der Waals surface area (Å²) in [5, 5.41) is 2.85. The third-order valence-corrected chi connectivity index (χ3v) is 7.40. The molecule has 25 heavy (non-hydrogen) atoms. The summed E-state index contributed by atoms with van der Waals surface area (Å²) < 4.78 is 27.6. The minimum absolute atomic E-state index is 0.196. The molecule has 1 aliphatic heterocycles. The van der Waals surface area contributed by atoms with Crippen LogP contribution in [0.4, 0.5) is 5.69 Å². The topological polar surface area (TPSA) is 66.5 Å². The second kappa shape index (κ2) is 7.37. The Bertz CT molecular complexity index is 885. The number of nitrogens with zero attached hydrogens (tertiary/aromatic N) is 1. The standard InChI is InChI=1S/C17H17ClN2O3S2/c1-12(21)19-13-6-8-14(9-7-13)25(22,23)20-10-11-24-17(20)15-4-2-3-5-16(15)18/h2-9,17H,10-11H2,1H3,(H,19,21)/t17-/m0/s1. The average Bonchev–Trinajstić information content (AvgIpc) is 3.05. The zero-order valence-electron chi connectivity index (χ0n) is 13.5. The van der Waals surface area contributed by atoms with Gasteiger partial charge in [-0.05, 0) is 35.9 Å². The van der Waals surface area contributed by atoms with Crippen molar-refractivity contribution in [2.24, 2.45) is 0 Å². The van der Waals surface area contributed by atoms with E-state index in [1.54, 1.807) is 30.0 Å². The number of anilines is 1. The number of benzene rings is 2. The van der Waals surface area contributed by atoms with Crippen LogP contribution >= 0.6 is 23.4 Å². The highest BCUT2D eigenvalue weighted by Gasteiger charge is 2.37. The van der Waals surface area contributed by atoms with Crippen molar-refractivity contribution in [2.75, 3.05) is 17.6 Å². The van der Waals surface area contributed by atoms with E-state index in [0.29, 0.717) is 23.0 Å². The summed E-state index contributed by atoms with van der Waals surface area (Å²) in [6, 6.07) is 13.5. The van der Waals surface area contributed by atoms with E-state index < -0.39 is 10.0 Å². The fourth-order valence-electron chi connectivity index (χ4n) is 2.67. The summed E-state index contributed by atoms with van der Waals surface area (Å²) in [5.41, 5.74) is 1.36. The molecule has 0 bridgehead atoms. The van der Waals surface area contributed by atoms with Crippen LogP contribution in [0.2, 0.25) is 5.02 Å². The van der Waals surface area contributed by atoms with Crippen molar-refractivity contribution in [3.05, 3.63) is 59.1 Å². The fraction of sp³-hybridized carbons (Fsp3) is 0.235. The van der Waals surface area contributed by atoms with Crippen LogP contribution < -0.4 is 5.32 Å². The van der Waals surface area contributed by atoms with Crippen molar-refractivity contribution in [1.29, 1.82) is 0 Å². The van der Waals surface area contributed by atoms with Crippen molar-refractivity contribution < 1.29 is 13.2 Å². The number of rotatable bonds is 4. The molecule has 0 spiro atoms. The molecule has 2 aromatic carbocycles. The summed E-state index contributed by atoms with van der Waals surface area (Å²) >= 11 is 7.82. The van der Waals surface area contributed by atoms with Gasteiger partial charge in [-0.15, -0.1) is 11.8 Å². The summed E-state index contributed by atoms with van der Waals surface area (Å²) in [7, 11) is -3.66. The molecule has 1 fully saturated rings. The van der Waals surface area contributed by atoms with Gasteiger partial charge in [0, 0.05) is 29.9 Å². The van der Waals surface area contributed by atoms with Gasteiger partial charge < -0.3 is 5.32 Å². The highest BCUT2D eigenvalue weighted by Crippen LogP contribution is 2.43. The van der Waals surface area contributed by atoms with Gasteiger partial charge in [-0.2, -0.15) is 4.31 Å². The summed E-state index contributed by atoms with van der Waals surface area (Å²) in [6.45, 7) is 1.83. The van der Waals surface area contributed by atoms with Gasteiger partial charge in [-0.1, -0.05) is 29.8 Å². The molecule has 1 aliphatic rings. The van der Waals surface area contributed by atoms with Crippen molar-refractivity contribution in [1.82, 2.24) is 4.31 Å². The normalized spacial score (nSPS) is 18.2. The Hall–Kier alpha value is -1.54. The Morgan fingerprint density at radius 2 is 1.88 bits per heavy atom. The molecule has 0 radical (unpaired) electrons. The smallest absolute Gasteiger partial charge is 0.244 e. The van der Waals surface area contributed by atoms with Gasteiger partial charge in [0.15, 0.2) is 0 Å². The lowest BCUT2D eigenvalue weighted by Crippen LogP contribution is -2.30. The van der Waals surface area contributed by atoms with Crippen molar-refractivity contribution in [2.45, 2.75) is 17.2 Å². The lowest BCUT2D eigenvalue weighted by molar-refractivity contribution is -0.114. The SMILES string of the molecule is CC(=O)Nc1ccc(S(=O)(=O)N2CCS[C@H]2c2ccccc2Cl)cc1. The molecule has 1 saturated heterocycles. The molecule has 2 aromatic rings. The van der Waals surface area contributed by atoms with Crippen LogP contribution in [-0.4, -0.2) is 30.9 Å². The van der Waals surface area contributed by atoms with Crippen LogP contribution in [0, 0.1) is 0 Å². The molecule has 0 unspecified atom stereocenters. The van der Waals surface area contributed by atoms with Crippen LogP contribution in [0.1, 0.15) is 17.9 Å². The Morgan fingerprint density at radius 3 is 2.52 bits per heavy atom. The highest BCUT2D eigenvalue weighted by atomic mass is 35.5. The molecule has 0 saturated carbocycles. The van der Waals surface area contributed by atoms with Gasteiger partial charge in [0.25, 0.3) is 0 Å². The van der Waals surface area contributed by atoms with Gasteiger partial charge in [0.05, 0.1) is 10.3 Å². The zero-order chi connectivity index (χ0) is 18.0. The maximum atomic E-state index is 13.0. The predicted molar refractivity (Wildman–Crippen MR) is 101 cm³/mol. The molecule has 0 aliphatic carbocycles. The van der Waals surface area contributed by atoms with Gasteiger partial charge in [0.2, 0.25) is 15.9 Å². The van der Waals surface area contributed by atoms with Crippen LogP contribution in [0.3, 0.4) is 0 Å². The van der Waals surface area contributed by atoms with E-state index in [1.165, 1.54) is 23.4 Å². The lowest BCUT2D eigenvalue weighted by Gasteiger charge is -2.24. The molecule has 0 aromatic heterocycles. The van der Waals surface area contributed by atoms with Crippen molar-refractivity contribution in [3.63, 3.8) is 0 Å². The quantitative estimate of drug-likeness (QED) is 0.854. The lowest BCUT2D eigenvalue weighted by atomic mass is 10.2. The number of halogens is 1. The van der Waals surface area contributed by atoms with E-state index in [4.69, 9.17) is 11.6 Å². The first-order chi connectivity index (χ1) is 11.9. The first-order valence-corrected chi connectivity index (χ1v) is 10.5. The number of hydrogen-bond acceptors (Lipinski definition) is 4. The third kappa shape index (κ3) is 3.84. The Morgan fingerprint density at radius 1 is 1.20 bits per heavy atom. The van der Waals surface area contributed by atoms with E-state index in [1.807, 2.05) is 18.2 Å². The van der Waals surface area contributed by atoms with Gasteiger partial charge in [-0.25, -0.2) is 8.42 Å². The van der Waals surface area contributed by atoms with Crippen molar-refractivity contribution >= 4 is 45.0 Å². The summed E-state index contributed by atoms with van der Waals surface area (Å²) in [4.78, 5) is 11.3. The highest BCUT2D eigenvalue weighted by molar-refractivity contribution is 8.01. The maximum absolute atomic E-state index is 13.0. The number of carbonyl (C=O) groups excluding carboxylic acids is 1. The fourth-order valence-corrected chi connectivity index (χ4v) is 6.24. The van der Waals surface area contributed by atoms with Crippen LogP contribution in [0.25, 0.3) is 0 Å². The van der Waals surface area contributed by atoms with E-state index in [0.717, 1.165) is 5.56 Å². The predicted octanol–water partition coefficient (Wildman–Crippen LogP) is 3.73. The maximum Gasteiger partial charge on any atom is 0.244 e. The number of hydrogen-bond donors (Lipinski definition) is 1. The number of amides is 1. The Kier molecular flexibility index (Phi) is 5.38. The van der Waals surface area contributed by atoms with Gasteiger partial charge in [-0.3, -0.25) is 4.79 Å². The largest absolute Gasteiger partial charge is 0.326 e. The number of nitrogens with one attached hydrogen (secondary N) is 1. The third-order valence-electron chi connectivity index (χ3n) is 3.80. The Labute approximate surface area is 156 Å². The van der Waals surface area contributed by atoms with Gasteiger partial charge in [0.1, 0.15) is 0 Å². The van der Waals surface area contributed by atoms with Crippen molar-refractivity contribution in [3.8, 4) is 0 Å². The van der Waals surface area contributed by atoms with Gasteiger partial charge >= 0.3 is 0 Å². The molecule has 1 atom stereocenters. The molecule has 3 rings (SSSR count). The second-order valence-electron chi connectivity index (χ2n) is 5.57. The van der Waals surface area contributed by atoms with E-state index >= 15 is 0 Å². The molecular formula is C17H17ClN2O3S2. The number of thioether (sulfide) groups is 1. The minimum atomic E-state index is -3.66. The molecule has 1 N–H and O–H groups in total. The average molecular weight is 397 g/mol. The first-order valence-electron chi connectivity index (χ1n) is 7.65. The molecular weight excluding hydrogens is 380 g/mol. The zero-order valence-corrected chi connectivity index (χ0v) is 15.9. The van der Waals surface area contributed by atoms with Crippen LogP contribution in [-0.2, 0) is 14.8 Å². The summed E-state index contributed by atoms with van der Waals surface area (Å²) in [5.74, 6) is 0.504. The molecule has 8 heteroatoms. The summed E-state index contributed by atoms with van der Waals surface area (Å²) in [6.07, 6.45) is 0. The van der Waals surface area contributed by atoms with E-state index in [9.17, 15) is 13.2 Å². The Balaban J connectivity index is 1.91. The van der Waals surface area contributed by atoms with E-state index in [2.05, 4.69) is 5.32 Å². The number of sulfonamides is 1. The van der Waals surface area contributed by atoms with Crippen LogP contribution in [0.5, 0.6) is 0 Å². The minimum Gasteiger partial charge on any atom is -0.326 e. The molecule has 1 amide bonds. The number of carbonyl (C=O) groups is 1. The molecule has 5 nitrogen and oxygen atoms in total. The first kappa shape index (κ1) is 18.3. The van der Waals surface area contributed by atoms with Crippen LogP contribution in [0.15, 0.2) is 53.4 Å². The van der Waals surface area contributed by atoms with E-state index in [-0.39, 0.29) is 16.2 Å². The molecule has 1 heterocycles. The molecule has 132 valence electrons. The monoisotopic (exact) mass is 396 g/mol.